The second kappa shape index (κ2) is 6.36. The van der Waals surface area contributed by atoms with Gasteiger partial charge >= 0.3 is 6.18 Å². The molecule has 7 heteroatoms. The number of methoxy groups -OCH3 is 3. The summed E-state index contributed by atoms with van der Waals surface area (Å²) in [6.07, 6.45) is -5.31. The molecule has 1 aromatic rings. The van der Waals surface area contributed by atoms with Crippen molar-refractivity contribution in [3.63, 3.8) is 0 Å². The molecule has 3 nitrogen and oxygen atoms in total. The lowest BCUT2D eigenvalue weighted by Crippen LogP contribution is -2.12. The molecule has 0 amide bonds. The van der Waals surface area contributed by atoms with Crippen molar-refractivity contribution in [1.82, 2.24) is 0 Å². The molecule has 0 bridgehead atoms. The summed E-state index contributed by atoms with van der Waals surface area (Å²) in [6, 6.07) is 3.03. The van der Waals surface area contributed by atoms with Crippen LogP contribution in [0, 0.1) is 0 Å². The molecule has 108 valence electrons. The standard InChI is InChI=1S/C12H14BrF3O3/c1-17-7-4-9(18-2)11(10(5-7)19-3)8(13)6-12(14,15)16/h4-5,8H,6H2,1-3H3. The Bertz CT molecular complexity index is 410. The monoisotopic (exact) mass is 342 g/mol. The molecule has 0 N–H and O–H groups in total. The Morgan fingerprint density at radius 1 is 1.05 bits per heavy atom. The summed E-state index contributed by atoms with van der Waals surface area (Å²) in [5.41, 5.74) is 0.308. The normalized spacial score (nSPS) is 13.0. The average Bonchev–Trinajstić information content (AvgIpc) is 2.34. The van der Waals surface area contributed by atoms with Crippen LogP contribution in [0.5, 0.6) is 17.2 Å². The van der Waals surface area contributed by atoms with Crippen LogP contribution in [-0.2, 0) is 0 Å². The minimum absolute atomic E-state index is 0.280. The maximum absolute atomic E-state index is 12.5. The molecule has 1 atom stereocenters. The van der Waals surface area contributed by atoms with Crippen LogP contribution in [0.15, 0.2) is 12.1 Å². The largest absolute Gasteiger partial charge is 0.496 e. The minimum Gasteiger partial charge on any atom is -0.496 e. The van der Waals surface area contributed by atoms with E-state index in [-0.39, 0.29) is 11.5 Å². The zero-order valence-corrected chi connectivity index (χ0v) is 12.3. The van der Waals surface area contributed by atoms with Gasteiger partial charge in [0.05, 0.1) is 38.1 Å². The lowest BCUT2D eigenvalue weighted by molar-refractivity contribution is -0.134. The molecule has 19 heavy (non-hydrogen) atoms. The lowest BCUT2D eigenvalue weighted by atomic mass is 10.1. The molecule has 0 heterocycles. The van der Waals surface area contributed by atoms with E-state index in [4.69, 9.17) is 14.2 Å². The fraction of sp³-hybridized carbons (Fsp3) is 0.500. The van der Waals surface area contributed by atoms with Gasteiger partial charge in [0.2, 0.25) is 0 Å². The Labute approximate surface area is 117 Å². The van der Waals surface area contributed by atoms with Crippen LogP contribution in [0.4, 0.5) is 13.2 Å². The molecular formula is C12H14BrF3O3. The molecule has 0 aliphatic carbocycles. The van der Waals surface area contributed by atoms with Crippen LogP contribution in [-0.4, -0.2) is 27.5 Å². The van der Waals surface area contributed by atoms with Crippen LogP contribution in [0.1, 0.15) is 16.8 Å². The average molecular weight is 343 g/mol. The first-order chi connectivity index (χ1) is 8.82. The topological polar surface area (TPSA) is 27.7 Å². The summed E-state index contributed by atoms with van der Waals surface area (Å²) >= 11 is 3.03. The van der Waals surface area contributed by atoms with Gasteiger partial charge in [-0.3, -0.25) is 0 Å². The van der Waals surface area contributed by atoms with Gasteiger partial charge in [-0.15, -0.1) is 0 Å². The Morgan fingerprint density at radius 2 is 1.53 bits per heavy atom. The summed E-state index contributed by atoms with van der Waals surface area (Å²) in [5, 5.41) is 0. The number of halogens is 4. The van der Waals surface area contributed by atoms with E-state index < -0.39 is 17.4 Å². The van der Waals surface area contributed by atoms with Crippen molar-refractivity contribution in [3.8, 4) is 17.2 Å². The number of rotatable bonds is 5. The highest BCUT2D eigenvalue weighted by atomic mass is 79.9. The van der Waals surface area contributed by atoms with Crippen molar-refractivity contribution in [3.05, 3.63) is 17.7 Å². The molecular weight excluding hydrogens is 329 g/mol. The Morgan fingerprint density at radius 3 is 1.84 bits per heavy atom. The fourth-order valence-electron chi connectivity index (χ4n) is 1.65. The van der Waals surface area contributed by atoms with E-state index in [1.807, 2.05) is 0 Å². The zero-order valence-electron chi connectivity index (χ0n) is 10.7. The molecule has 0 aliphatic rings. The predicted molar refractivity (Wildman–Crippen MR) is 68.4 cm³/mol. The summed E-state index contributed by atoms with van der Waals surface area (Å²) in [6.45, 7) is 0. The van der Waals surface area contributed by atoms with Crippen LogP contribution in [0.2, 0.25) is 0 Å². The van der Waals surface area contributed by atoms with Gasteiger partial charge < -0.3 is 14.2 Å². The summed E-state index contributed by atoms with van der Waals surface area (Å²) in [7, 11) is 4.21. The number of ether oxygens (including phenoxy) is 3. The van der Waals surface area contributed by atoms with E-state index in [0.29, 0.717) is 11.3 Å². The summed E-state index contributed by atoms with van der Waals surface area (Å²) < 4.78 is 52.7. The van der Waals surface area contributed by atoms with Gasteiger partial charge in [0.25, 0.3) is 0 Å². The number of benzene rings is 1. The van der Waals surface area contributed by atoms with E-state index in [1.165, 1.54) is 33.5 Å². The summed E-state index contributed by atoms with van der Waals surface area (Å²) in [5.74, 6) is 1.01. The Kier molecular flexibility index (Phi) is 5.34. The van der Waals surface area contributed by atoms with Crippen LogP contribution < -0.4 is 14.2 Å². The van der Waals surface area contributed by atoms with E-state index in [9.17, 15) is 13.2 Å². The predicted octanol–water partition coefficient (Wildman–Crippen LogP) is 4.10. The van der Waals surface area contributed by atoms with Gasteiger partial charge in [0, 0.05) is 12.1 Å². The van der Waals surface area contributed by atoms with Gasteiger partial charge in [-0.25, -0.2) is 0 Å². The van der Waals surface area contributed by atoms with Crippen molar-refractivity contribution in [2.75, 3.05) is 21.3 Å². The van der Waals surface area contributed by atoms with Gasteiger partial charge in [-0.05, 0) is 0 Å². The highest BCUT2D eigenvalue weighted by Crippen LogP contribution is 2.45. The maximum atomic E-state index is 12.5. The van der Waals surface area contributed by atoms with Crippen molar-refractivity contribution in [2.24, 2.45) is 0 Å². The van der Waals surface area contributed by atoms with E-state index in [1.54, 1.807) is 0 Å². The quantitative estimate of drug-likeness (QED) is 0.754. The van der Waals surface area contributed by atoms with Gasteiger partial charge in [-0.1, -0.05) is 15.9 Å². The Balaban J connectivity index is 3.23. The molecule has 1 unspecified atom stereocenters. The third kappa shape index (κ3) is 4.19. The molecule has 0 saturated heterocycles. The van der Waals surface area contributed by atoms with Crippen LogP contribution in [0.25, 0.3) is 0 Å². The second-order valence-corrected chi connectivity index (χ2v) is 4.84. The SMILES string of the molecule is COc1cc(OC)c(C(Br)CC(F)(F)F)c(OC)c1. The lowest BCUT2D eigenvalue weighted by Gasteiger charge is -2.19. The van der Waals surface area contributed by atoms with Gasteiger partial charge in [0.15, 0.2) is 0 Å². The third-order valence-electron chi connectivity index (χ3n) is 2.48. The number of alkyl halides is 4. The first-order valence-electron chi connectivity index (χ1n) is 5.33. The van der Waals surface area contributed by atoms with Crippen molar-refractivity contribution in [1.29, 1.82) is 0 Å². The number of hydrogen-bond donors (Lipinski definition) is 0. The molecule has 0 radical (unpaired) electrons. The second-order valence-electron chi connectivity index (χ2n) is 3.73. The minimum atomic E-state index is -4.29. The molecule has 0 spiro atoms. The molecule has 0 fully saturated rings. The van der Waals surface area contributed by atoms with Gasteiger partial charge in [-0.2, -0.15) is 13.2 Å². The highest BCUT2D eigenvalue weighted by Gasteiger charge is 2.34. The molecule has 1 rings (SSSR count). The first-order valence-corrected chi connectivity index (χ1v) is 6.24. The molecule has 1 aromatic carbocycles. The summed E-state index contributed by atoms with van der Waals surface area (Å²) in [4.78, 5) is -0.955. The maximum Gasteiger partial charge on any atom is 0.390 e. The smallest absolute Gasteiger partial charge is 0.390 e. The third-order valence-corrected chi connectivity index (χ3v) is 3.26. The molecule has 0 saturated carbocycles. The van der Waals surface area contributed by atoms with E-state index in [0.717, 1.165) is 0 Å². The molecule has 0 aromatic heterocycles. The van der Waals surface area contributed by atoms with Crippen LogP contribution in [0.3, 0.4) is 0 Å². The fourth-order valence-corrected chi connectivity index (χ4v) is 2.46. The molecule has 0 aliphatic heterocycles. The van der Waals surface area contributed by atoms with E-state index >= 15 is 0 Å². The van der Waals surface area contributed by atoms with Gasteiger partial charge in [0.1, 0.15) is 17.2 Å². The van der Waals surface area contributed by atoms with Crippen molar-refractivity contribution >= 4 is 15.9 Å². The number of hydrogen-bond acceptors (Lipinski definition) is 3. The van der Waals surface area contributed by atoms with Crippen molar-refractivity contribution < 1.29 is 27.4 Å². The van der Waals surface area contributed by atoms with Crippen LogP contribution >= 0.6 is 15.9 Å². The first kappa shape index (κ1) is 15.9. The highest BCUT2D eigenvalue weighted by molar-refractivity contribution is 9.09. The van der Waals surface area contributed by atoms with Crippen molar-refractivity contribution in [2.45, 2.75) is 17.4 Å². The zero-order chi connectivity index (χ0) is 14.6. The van der Waals surface area contributed by atoms with E-state index in [2.05, 4.69) is 15.9 Å². The Hall–Kier alpha value is -1.11.